The van der Waals surface area contributed by atoms with Crippen LogP contribution in [-0.4, -0.2) is 41.4 Å². The van der Waals surface area contributed by atoms with Crippen LogP contribution in [0.25, 0.3) is 21.2 Å². The fourth-order valence-corrected chi connectivity index (χ4v) is 4.93. The average Bonchev–Trinajstić information content (AvgIpc) is 3.23. The van der Waals surface area contributed by atoms with Crippen LogP contribution >= 0.6 is 23.1 Å². The smallest absolute Gasteiger partial charge is 0.424 e. The number of thioether (sulfide) groups is 1. The summed E-state index contributed by atoms with van der Waals surface area (Å²) < 4.78 is 16.9. The molecule has 0 atom stereocenters. The van der Waals surface area contributed by atoms with Crippen molar-refractivity contribution in [3.8, 4) is 11.1 Å². The average molecular weight is 542 g/mol. The van der Waals surface area contributed by atoms with E-state index in [1.54, 1.807) is 52.9 Å². The second-order valence-corrected chi connectivity index (χ2v) is 11.9. The Morgan fingerprint density at radius 1 is 0.865 bits per heavy atom. The first kappa shape index (κ1) is 28.3. The van der Waals surface area contributed by atoms with Gasteiger partial charge in [0.1, 0.15) is 11.2 Å². The fraction of sp³-hybridized carbons (Fsp3) is 0.321. The molecule has 0 bridgehead atoms. The molecule has 9 heteroatoms. The van der Waals surface area contributed by atoms with Crippen molar-refractivity contribution in [2.45, 2.75) is 57.6 Å². The first-order valence-corrected chi connectivity index (χ1v) is 13.3. The summed E-state index contributed by atoms with van der Waals surface area (Å²) in [4.78, 5) is 40.0. The number of benzene rings is 2. The molecule has 7 nitrogen and oxygen atoms in total. The molecule has 0 aliphatic heterocycles. The maximum absolute atomic E-state index is 13.0. The van der Waals surface area contributed by atoms with E-state index >= 15 is 0 Å². The second-order valence-electron chi connectivity index (χ2n) is 10.1. The van der Waals surface area contributed by atoms with Crippen molar-refractivity contribution in [2.24, 2.45) is 0 Å². The Morgan fingerprint density at radius 2 is 1.43 bits per heavy atom. The molecule has 0 spiro atoms. The third kappa shape index (κ3) is 7.60. The Balaban J connectivity index is 1.92. The monoisotopic (exact) mass is 541 g/mol. The number of amides is 2. The Bertz CT molecular complexity index is 1280. The van der Waals surface area contributed by atoms with Crippen molar-refractivity contribution in [3.63, 3.8) is 0 Å². The molecule has 0 aliphatic carbocycles. The Morgan fingerprint density at radius 3 is 1.97 bits per heavy atom. The van der Waals surface area contributed by atoms with Crippen LogP contribution in [0.5, 0.6) is 0 Å². The van der Waals surface area contributed by atoms with Gasteiger partial charge in [-0.2, -0.15) is 4.90 Å². The fourth-order valence-electron chi connectivity index (χ4n) is 3.22. The number of imide groups is 1. The van der Waals surface area contributed by atoms with Gasteiger partial charge in [0.2, 0.25) is 0 Å². The molecular formula is C28H31NO6S2. The minimum Gasteiger partial charge on any atom is -0.464 e. The summed E-state index contributed by atoms with van der Waals surface area (Å²) in [5, 5.41) is 4.70. The molecule has 0 aliphatic rings. The highest BCUT2D eigenvalue weighted by molar-refractivity contribution is 8.02. The zero-order chi connectivity index (χ0) is 27.4. The number of carbonyl (C=O) groups excluding carboxylic acids is 3. The standard InChI is InChI=1S/C28H31NO6S2/c1-27(2,3)34-25(31)29(26(32)35-28(4,5)6)22(24(30)33-7)17-36-19-14-12-18(13-15-19)21-16-37-23-11-9-8-10-20(21)23/h8-17H,1-7H3/b22-17+. The van der Waals surface area contributed by atoms with Gasteiger partial charge in [-0.3, -0.25) is 0 Å². The minimum atomic E-state index is -1.04. The maximum Gasteiger partial charge on any atom is 0.424 e. The zero-order valence-corrected chi connectivity index (χ0v) is 23.6. The molecular weight excluding hydrogens is 510 g/mol. The molecule has 2 amide bonds. The summed E-state index contributed by atoms with van der Waals surface area (Å²) in [5.41, 5.74) is 0.0665. The van der Waals surface area contributed by atoms with E-state index < -0.39 is 29.4 Å². The van der Waals surface area contributed by atoms with Crippen LogP contribution in [0.4, 0.5) is 9.59 Å². The van der Waals surface area contributed by atoms with Gasteiger partial charge in [-0.15, -0.1) is 11.3 Å². The quantitative estimate of drug-likeness (QED) is 0.141. The summed E-state index contributed by atoms with van der Waals surface area (Å²) in [6.07, 6.45) is -2.09. The van der Waals surface area contributed by atoms with Gasteiger partial charge in [0.25, 0.3) is 0 Å². The number of methoxy groups -OCH3 is 1. The van der Waals surface area contributed by atoms with Crippen molar-refractivity contribution in [1.29, 1.82) is 0 Å². The normalized spacial score (nSPS) is 12.2. The molecule has 37 heavy (non-hydrogen) atoms. The van der Waals surface area contributed by atoms with Crippen LogP contribution < -0.4 is 0 Å². The molecule has 0 radical (unpaired) electrons. The lowest BCUT2D eigenvalue weighted by Crippen LogP contribution is -2.44. The molecule has 0 N–H and O–H groups in total. The Labute approximate surface area is 225 Å². The summed E-state index contributed by atoms with van der Waals surface area (Å²) in [6.45, 7) is 9.96. The number of carbonyl (C=O) groups is 3. The molecule has 0 saturated carbocycles. The summed E-state index contributed by atoms with van der Waals surface area (Å²) in [7, 11) is 1.17. The van der Waals surface area contributed by atoms with E-state index in [1.807, 2.05) is 36.4 Å². The van der Waals surface area contributed by atoms with Crippen molar-refractivity contribution in [1.82, 2.24) is 4.90 Å². The van der Waals surface area contributed by atoms with Gasteiger partial charge in [0, 0.05) is 26.0 Å². The van der Waals surface area contributed by atoms with E-state index in [-0.39, 0.29) is 5.70 Å². The predicted molar refractivity (Wildman–Crippen MR) is 148 cm³/mol. The summed E-state index contributed by atoms with van der Waals surface area (Å²) >= 11 is 2.85. The van der Waals surface area contributed by atoms with E-state index in [1.165, 1.54) is 22.6 Å². The number of hydrogen-bond donors (Lipinski definition) is 0. The summed E-state index contributed by atoms with van der Waals surface area (Å²) in [6, 6.07) is 16.0. The van der Waals surface area contributed by atoms with Crippen LogP contribution in [0, 0.1) is 0 Å². The maximum atomic E-state index is 13.0. The van der Waals surface area contributed by atoms with Gasteiger partial charge in [0.15, 0.2) is 5.70 Å². The minimum absolute atomic E-state index is 0.316. The van der Waals surface area contributed by atoms with E-state index in [4.69, 9.17) is 14.2 Å². The Hall–Kier alpha value is -3.30. The van der Waals surface area contributed by atoms with Crippen molar-refractivity contribution >= 4 is 51.3 Å². The van der Waals surface area contributed by atoms with Gasteiger partial charge < -0.3 is 14.2 Å². The van der Waals surface area contributed by atoms with Crippen LogP contribution in [-0.2, 0) is 19.0 Å². The number of esters is 1. The number of thiophene rings is 1. The number of fused-ring (bicyclic) bond motifs is 1. The lowest BCUT2D eigenvalue weighted by atomic mass is 10.1. The molecule has 0 fully saturated rings. The second kappa shape index (κ2) is 11.4. The molecule has 3 rings (SSSR count). The van der Waals surface area contributed by atoms with Gasteiger partial charge in [-0.1, -0.05) is 42.1 Å². The van der Waals surface area contributed by atoms with Crippen molar-refractivity contribution in [2.75, 3.05) is 7.11 Å². The highest BCUT2D eigenvalue weighted by atomic mass is 32.2. The van der Waals surface area contributed by atoms with Gasteiger partial charge in [0.05, 0.1) is 7.11 Å². The molecule has 2 aromatic carbocycles. The lowest BCUT2D eigenvalue weighted by molar-refractivity contribution is -0.137. The van der Waals surface area contributed by atoms with Gasteiger partial charge in [-0.25, -0.2) is 14.4 Å². The first-order valence-electron chi connectivity index (χ1n) is 11.6. The molecule has 3 aromatic rings. The summed E-state index contributed by atoms with van der Waals surface area (Å²) in [5.74, 6) is -0.884. The van der Waals surface area contributed by atoms with Crippen LogP contribution in [0.1, 0.15) is 41.5 Å². The SMILES string of the molecule is COC(=O)/C(=C\Sc1ccc(-c2csc3ccccc23)cc1)N(C(=O)OC(C)(C)C)C(=O)OC(C)(C)C. The largest absolute Gasteiger partial charge is 0.464 e. The number of rotatable bonds is 5. The Kier molecular flexibility index (Phi) is 8.71. The molecule has 1 aromatic heterocycles. The predicted octanol–water partition coefficient (Wildman–Crippen LogP) is 7.85. The van der Waals surface area contributed by atoms with E-state index in [0.717, 1.165) is 27.8 Å². The van der Waals surface area contributed by atoms with Crippen LogP contribution in [0.2, 0.25) is 0 Å². The van der Waals surface area contributed by atoms with Crippen LogP contribution in [0.15, 0.2) is 69.9 Å². The number of ether oxygens (including phenoxy) is 3. The highest BCUT2D eigenvalue weighted by Gasteiger charge is 2.37. The van der Waals surface area contributed by atoms with Crippen LogP contribution in [0.3, 0.4) is 0 Å². The zero-order valence-electron chi connectivity index (χ0n) is 22.0. The number of hydrogen-bond acceptors (Lipinski definition) is 8. The van der Waals surface area contributed by atoms with Gasteiger partial charge >= 0.3 is 18.2 Å². The highest BCUT2D eigenvalue weighted by Crippen LogP contribution is 2.35. The molecule has 196 valence electrons. The first-order chi connectivity index (χ1) is 17.3. The third-order valence-corrected chi connectivity index (χ3v) is 6.59. The van der Waals surface area contributed by atoms with Crippen molar-refractivity contribution < 1.29 is 28.6 Å². The van der Waals surface area contributed by atoms with E-state index in [2.05, 4.69) is 17.5 Å². The number of nitrogens with zero attached hydrogens (tertiary/aromatic N) is 1. The third-order valence-electron chi connectivity index (χ3n) is 4.74. The molecule has 0 saturated heterocycles. The molecule has 1 heterocycles. The van der Waals surface area contributed by atoms with Gasteiger partial charge in [-0.05, 0) is 70.7 Å². The topological polar surface area (TPSA) is 82.1 Å². The lowest BCUT2D eigenvalue weighted by Gasteiger charge is -2.29. The van der Waals surface area contributed by atoms with Crippen molar-refractivity contribution in [3.05, 3.63) is 65.0 Å². The van der Waals surface area contributed by atoms with E-state index in [9.17, 15) is 14.4 Å². The van der Waals surface area contributed by atoms with E-state index in [0.29, 0.717) is 4.90 Å². The molecule has 0 unspecified atom stereocenters.